The van der Waals surface area contributed by atoms with Crippen LogP contribution in [0.25, 0.3) is 0 Å². The highest BCUT2D eigenvalue weighted by Gasteiger charge is 1.94. The lowest BCUT2D eigenvalue weighted by atomic mass is 10.3. The van der Waals surface area contributed by atoms with E-state index in [1.807, 2.05) is 6.92 Å². The van der Waals surface area contributed by atoms with Crippen LogP contribution in [-0.4, -0.2) is 19.3 Å². The molecular weight excluding hydrogens is 102 g/mol. The largest absolute Gasteiger partial charge is 0.330 e. The number of hydrogen-bond donors (Lipinski definition) is 3. The van der Waals surface area contributed by atoms with E-state index in [0.29, 0.717) is 6.54 Å². The Morgan fingerprint density at radius 2 is 2.25 bits per heavy atom. The average molecular weight is 117 g/mol. The molecule has 0 rings (SSSR count). The van der Waals surface area contributed by atoms with Crippen molar-refractivity contribution in [3.05, 3.63) is 0 Å². The Morgan fingerprint density at radius 3 is 2.62 bits per heavy atom. The van der Waals surface area contributed by atoms with Crippen molar-refractivity contribution in [2.24, 2.45) is 11.5 Å². The summed E-state index contributed by atoms with van der Waals surface area (Å²) in [6.07, 6.45) is 0.943. The van der Waals surface area contributed by atoms with Gasteiger partial charge in [-0.25, -0.2) is 0 Å². The topological polar surface area (TPSA) is 64.1 Å². The van der Waals surface area contributed by atoms with E-state index in [-0.39, 0.29) is 6.17 Å². The maximum absolute atomic E-state index is 5.50. The van der Waals surface area contributed by atoms with Gasteiger partial charge in [-0.3, -0.25) is 0 Å². The van der Waals surface area contributed by atoms with Crippen LogP contribution >= 0.6 is 0 Å². The number of rotatable bonds is 4. The molecule has 0 aromatic rings. The molecule has 0 aromatic carbocycles. The van der Waals surface area contributed by atoms with Crippen molar-refractivity contribution in [1.82, 2.24) is 5.32 Å². The van der Waals surface area contributed by atoms with E-state index in [2.05, 4.69) is 5.32 Å². The van der Waals surface area contributed by atoms with Gasteiger partial charge in [0.25, 0.3) is 0 Å². The van der Waals surface area contributed by atoms with Crippen molar-refractivity contribution in [3.63, 3.8) is 0 Å². The zero-order valence-corrected chi connectivity index (χ0v) is 5.35. The minimum Gasteiger partial charge on any atom is -0.330 e. The summed E-state index contributed by atoms with van der Waals surface area (Å²) in [5.74, 6) is 0. The van der Waals surface area contributed by atoms with Crippen LogP contribution in [0.3, 0.4) is 0 Å². The molecule has 0 heterocycles. The van der Waals surface area contributed by atoms with Gasteiger partial charge in [0.2, 0.25) is 0 Å². The SMILES string of the molecule is CCNC(N)CCN. The molecule has 1 unspecified atom stereocenters. The number of nitrogens with two attached hydrogens (primary N) is 2. The van der Waals surface area contributed by atoms with Gasteiger partial charge in [-0.2, -0.15) is 0 Å². The molecule has 3 heteroatoms. The van der Waals surface area contributed by atoms with E-state index in [1.165, 1.54) is 0 Å². The molecule has 1 atom stereocenters. The van der Waals surface area contributed by atoms with E-state index in [0.717, 1.165) is 13.0 Å². The average Bonchev–Trinajstić information content (AvgIpc) is 1.68. The number of hydrogen-bond acceptors (Lipinski definition) is 3. The molecule has 0 spiro atoms. The molecule has 3 nitrogen and oxygen atoms in total. The molecular formula is C5H15N3. The van der Waals surface area contributed by atoms with Gasteiger partial charge >= 0.3 is 0 Å². The third-order valence-electron chi connectivity index (χ3n) is 0.944. The van der Waals surface area contributed by atoms with E-state index < -0.39 is 0 Å². The van der Waals surface area contributed by atoms with Crippen LogP contribution in [0.2, 0.25) is 0 Å². The molecule has 0 bridgehead atoms. The molecule has 0 fully saturated rings. The predicted octanol–water partition coefficient (Wildman–Crippen LogP) is -0.770. The second kappa shape index (κ2) is 5.03. The summed E-state index contributed by atoms with van der Waals surface area (Å²) in [6.45, 7) is 3.60. The van der Waals surface area contributed by atoms with Crippen LogP contribution in [0, 0.1) is 0 Å². The van der Waals surface area contributed by atoms with Crippen LogP contribution in [0.15, 0.2) is 0 Å². The van der Waals surface area contributed by atoms with Crippen LogP contribution in [0.1, 0.15) is 13.3 Å². The van der Waals surface area contributed by atoms with Crippen LogP contribution in [-0.2, 0) is 0 Å². The van der Waals surface area contributed by atoms with Crippen LogP contribution in [0.5, 0.6) is 0 Å². The van der Waals surface area contributed by atoms with E-state index in [4.69, 9.17) is 11.5 Å². The Bertz CT molecular complexity index is 40.9. The summed E-state index contributed by atoms with van der Waals surface area (Å²) in [5, 5.41) is 3.04. The summed E-state index contributed by atoms with van der Waals surface area (Å²) < 4.78 is 0. The van der Waals surface area contributed by atoms with Gasteiger partial charge in [0.1, 0.15) is 0 Å². The summed E-state index contributed by atoms with van der Waals surface area (Å²) >= 11 is 0. The standard InChI is InChI=1S/C5H15N3/c1-2-8-5(7)3-4-6/h5,8H,2-4,6-7H2,1H3. The highest BCUT2D eigenvalue weighted by atomic mass is 15.0. The first-order chi connectivity index (χ1) is 3.81. The lowest BCUT2D eigenvalue weighted by molar-refractivity contribution is 0.516. The first-order valence-electron chi connectivity index (χ1n) is 3.00. The van der Waals surface area contributed by atoms with E-state index in [9.17, 15) is 0 Å². The second-order valence-electron chi connectivity index (χ2n) is 1.74. The summed E-state index contributed by atoms with van der Waals surface area (Å²) in [4.78, 5) is 0. The molecule has 0 aromatic heterocycles. The maximum atomic E-state index is 5.50. The summed E-state index contributed by atoms with van der Waals surface area (Å²) in [5.41, 5.74) is 10.7. The zero-order valence-electron chi connectivity index (χ0n) is 5.35. The monoisotopic (exact) mass is 117 g/mol. The van der Waals surface area contributed by atoms with Crippen molar-refractivity contribution < 1.29 is 0 Å². The Balaban J connectivity index is 2.92. The van der Waals surface area contributed by atoms with Gasteiger partial charge < -0.3 is 16.8 Å². The quantitative estimate of drug-likeness (QED) is 0.424. The van der Waals surface area contributed by atoms with Gasteiger partial charge in [-0.1, -0.05) is 6.92 Å². The Kier molecular flexibility index (Phi) is 4.95. The minimum atomic E-state index is 0.0880. The molecule has 50 valence electrons. The summed E-state index contributed by atoms with van der Waals surface area (Å²) in [6, 6.07) is 0. The Morgan fingerprint density at radius 1 is 1.62 bits per heavy atom. The normalized spacial score (nSPS) is 13.9. The molecule has 0 amide bonds. The van der Waals surface area contributed by atoms with Crippen molar-refractivity contribution in [2.75, 3.05) is 13.1 Å². The highest BCUT2D eigenvalue weighted by Crippen LogP contribution is 1.76. The minimum absolute atomic E-state index is 0.0880. The van der Waals surface area contributed by atoms with Crippen molar-refractivity contribution >= 4 is 0 Å². The Labute approximate surface area is 50.4 Å². The van der Waals surface area contributed by atoms with Gasteiger partial charge in [-0.15, -0.1) is 0 Å². The van der Waals surface area contributed by atoms with Gasteiger partial charge in [0.05, 0.1) is 6.17 Å². The molecule has 0 saturated heterocycles. The van der Waals surface area contributed by atoms with Crippen LogP contribution < -0.4 is 16.8 Å². The van der Waals surface area contributed by atoms with E-state index in [1.54, 1.807) is 0 Å². The molecule has 0 aliphatic carbocycles. The fourth-order valence-corrected chi connectivity index (χ4v) is 0.544. The molecule has 0 aliphatic rings. The zero-order chi connectivity index (χ0) is 6.41. The molecule has 8 heavy (non-hydrogen) atoms. The van der Waals surface area contributed by atoms with Gasteiger partial charge in [0.15, 0.2) is 0 Å². The first kappa shape index (κ1) is 7.88. The van der Waals surface area contributed by atoms with Gasteiger partial charge in [0, 0.05) is 0 Å². The molecule has 0 saturated carbocycles. The second-order valence-corrected chi connectivity index (χ2v) is 1.74. The first-order valence-corrected chi connectivity index (χ1v) is 3.00. The molecule has 0 radical (unpaired) electrons. The van der Waals surface area contributed by atoms with Crippen LogP contribution in [0.4, 0.5) is 0 Å². The molecule has 0 aliphatic heterocycles. The fourth-order valence-electron chi connectivity index (χ4n) is 0.544. The lowest BCUT2D eigenvalue weighted by Crippen LogP contribution is -2.38. The van der Waals surface area contributed by atoms with E-state index >= 15 is 0 Å². The fraction of sp³-hybridized carbons (Fsp3) is 1.00. The van der Waals surface area contributed by atoms with Crippen molar-refractivity contribution in [2.45, 2.75) is 19.5 Å². The third kappa shape index (κ3) is 4.05. The highest BCUT2D eigenvalue weighted by molar-refractivity contribution is 4.55. The van der Waals surface area contributed by atoms with Gasteiger partial charge in [-0.05, 0) is 19.5 Å². The maximum Gasteiger partial charge on any atom is 0.0558 e. The third-order valence-corrected chi connectivity index (χ3v) is 0.944. The number of nitrogens with one attached hydrogen (secondary N) is 1. The van der Waals surface area contributed by atoms with Crippen molar-refractivity contribution in [3.8, 4) is 0 Å². The molecule has 5 N–H and O–H groups in total. The summed E-state index contributed by atoms with van der Waals surface area (Å²) in [7, 11) is 0. The smallest absolute Gasteiger partial charge is 0.0558 e. The van der Waals surface area contributed by atoms with Crippen molar-refractivity contribution in [1.29, 1.82) is 0 Å². The Hall–Kier alpha value is -0.120. The predicted molar refractivity (Wildman–Crippen MR) is 35.3 cm³/mol. The lowest BCUT2D eigenvalue weighted by Gasteiger charge is -2.08.